The van der Waals surface area contributed by atoms with Crippen molar-refractivity contribution in [1.82, 2.24) is 0 Å². The fourth-order valence-electron chi connectivity index (χ4n) is 0.902. The average molecular weight is 222 g/mol. The average Bonchev–Trinajstić information content (AvgIpc) is 2.18. The lowest BCUT2D eigenvalue weighted by Crippen LogP contribution is -2.25. The van der Waals surface area contributed by atoms with Crippen molar-refractivity contribution in [3.05, 3.63) is 6.92 Å². The Bertz CT molecular complexity index is 106. The Balaban J connectivity index is 3.39. The molecule has 0 aromatic carbocycles. The first-order valence-corrected chi connectivity index (χ1v) is 5.86. The molecule has 0 rings (SSSR count). The van der Waals surface area contributed by atoms with Crippen LogP contribution in [-0.4, -0.2) is 24.9 Å². The van der Waals surface area contributed by atoms with Gasteiger partial charge in [0, 0.05) is 13.2 Å². The molecule has 2 atom stereocenters. The largest absolute Gasteiger partial charge is 0.374 e. The van der Waals surface area contributed by atoms with Crippen LogP contribution in [0.1, 0.15) is 39.5 Å². The summed E-state index contributed by atoms with van der Waals surface area (Å²) in [7, 11) is 0. The van der Waals surface area contributed by atoms with Crippen molar-refractivity contribution < 1.29 is 9.47 Å². The van der Waals surface area contributed by atoms with E-state index in [4.69, 9.17) is 21.1 Å². The number of ether oxygens (including phenoxy) is 2. The van der Waals surface area contributed by atoms with Gasteiger partial charge in [0.1, 0.15) is 0 Å². The van der Waals surface area contributed by atoms with E-state index in [1.54, 1.807) is 0 Å². The van der Waals surface area contributed by atoms with Crippen molar-refractivity contribution in [3.63, 3.8) is 0 Å². The van der Waals surface area contributed by atoms with Gasteiger partial charge >= 0.3 is 0 Å². The van der Waals surface area contributed by atoms with E-state index in [9.17, 15) is 0 Å². The van der Waals surface area contributed by atoms with Crippen molar-refractivity contribution in [3.8, 4) is 0 Å². The Hall–Kier alpha value is 0.210. The summed E-state index contributed by atoms with van der Waals surface area (Å²) in [4.78, 5) is 0. The maximum Gasteiger partial charge on any atom is 0.157 e. The van der Waals surface area contributed by atoms with Crippen molar-refractivity contribution in [2.75, 3.05) is 13.2 Å². The third-order valence-electron chi connectivity index (χ3n) is 1.90. The Morgan fingerprint density at radius 2 is 1.57 bits per heavy atom. The van der Waals surface area contributed by atoms with E-state index in [-0.39, 0.29) is 6.10 Å². The first-order valence-electron chi connectivity index (χ1n) is 5.42. The smallest absolute Gasteiger partial charge is 0.157 e. The SMILES string of the molecule is [CH2]C(OCCCC)C(Cl)OCCCC. The summed E-state index contributed by atoms with van der Waals surface area (Å²) in [5.74, 6) is 0. The molecule has 0 saturated heterocycles. The zero-order chi connectivity index (χ0) is 10.8. The van der Waals surface area contributed by atoms with Crippen molar-refractivity contribution >= 4 is 11.6 Å². The van der Waals surface area contributed by atoms with Crippen molar-refractivity contribution in [2.24, 2.45) is 0 Å². The van der Waals surface area contributed by atoms with Gasteiger partial charge in [-0.15, -0.1) is 0 Å². The molecule has 0 spiro atoms. The fraction of sp³-hybridized carbons (Fsp3) is 0.909. The minimum atomic E-state index is -0.418. The van der Waals surface area contributed by atoms with Crippen LogP contribution in [-0.2, 0) is 9.47 Å². The summed E-state index contributed by atoms with van der Waals surface area (Å²) in [6.45, 7) is 9.45. The van der Waals surface area contributed by atoms with Gasteiger partial charge in [-0.05, 0) is 19.8 Å². The Kier molecular flexibility index (Phi) is 9.90. The van der Waals surface area contributed by atoms with Crippen molar-refractivity contribution in [2.45, 2.75) is 51.2 Å². The number of halogens is 1. The summed E-state index contributed by atoms with van der Waals surface area (Å²) in [6, 6.07) is 0. The van der Waals surface area contributed by atoms with E-state index >= 15 is 0 Å². The summed E-state index contributed by atoms with van der Waals surface area (Å²) >= 11 is 5.94. The zero-order valence-corrected chi connectivity index (χ0v) is 10.1. The lowest BCUT2D eigenvalue weighted by molar-refractivity contribution is -0.0160. The quantitative estimate of drug-likeness (QED) is 0.439. The van der Waals surface area contributed by atoms with Gasteiger partial charge in [0.25, 0.3) is 0 Å². The molecule has 0 aliphatic heterocycles. The number of rotatable bonds is 9. The minimum Gasteiger partial charge on any atom is -0.374 e. The van der Waals surface area contributed by atoms with Gasteiger partial charge in [-0.2, -0.15) is 0 Å². The molecule has 1 radical (unpaired) electrons. The normalized spacial score (nSPS) is 15.4. The molecular weight excluding hydrogens is 200 g/mol. The zero-order valence-electron chi connectivity index (χ0n) is 9.30. The molecule has 0 aromatic heterocycles. The Morgan fingerprint density at radius 3 is 2.07 bits per heavy atom. The second-order valence-electron chi connectivity index (χ2n) is 3.34. The molecule has 0 amide bonds. The van der Waals surface area contributed by atoms with E-state index in [2.05, 4.69) is 20.8 Å². The van der Waals surface area contributed by atoms with Crippen LogP contribution in [0.4, 0.5) is 0 Å². The number of hydrogen-bond acceptors (Lipinski definition) is 2. The second-order valence-corrected chi connectivity index (χ2v) is 3.77. The maximum atomic E-state index is 5.94. The first kappa shape index (κ1) is 14.2. The van der Waals surface area contributed by atoms with Gasteiger partial charge in [0.15, 0.2) is 5.56 Å². The van der Waals surface area contributed by atoms with Gasteiger partial charge in [0.05, 0.1) is 6.10 Å². The molecule has 0 fully saturated rings. The highest BCUT2D eigenvalue weighted by molar-refractivity contribution is 6.20. The molecule has 2 nitrogen and oxygen atoms in total. The van der Waals surface area contributed by atoms with Crippen LogP contribution in [0.25, 0.3) is 0 Å². The second kappa shape index (κ2) is 9.75. The topological polar surface area (TPSA) is 18.5 Å². The van der Waals surface area contributed by atoms with E-state index in [1.165, 1.54) is 0 Å². The third-order valence-corrected chi connectivity index (χ3v) is 2.30. The predicted molar refractivity (Wildman–Crippen MR) is 60.5 cm³/mol. The predicted octanol–water partition coefficient (Wildman–Crippen LogP) is 3.39. The van der Waals surface area contributed by atoms with Crippen LogP contribution in [0.15, 0.2) is 0 Å². The monoisotopic (exact) mass is 221 g/mol. The molecule has 14 heavy (non-hydrogen) atoms. The van der Waals surface area contributed by atoms with Gasteiger partial charge in [-0.1, -0.05) is 38.3 Å². The summed E-state index contributed by atoms with van der Waals surface area (Å²) in [5.41, 5.74) is -0.418. The Labute approximate surface area is 92.9 Å². The van der Waals surface area contributed by atoms with Crippen LogP contribution < -0.4 is 0 Å². The van der Waals surface area contributed by atoms with E-state index < -0.39 is 5.56 Å². The molecule has 3 heteroatoms. The number of alkyl halides is 1. The third kappa shape index (κ3) is 7.60. The van der Waals surface area contributed by atoms with Gasteiger partial charge in [-0.25, -0.2) is 0 Å². The highest BCUT2D eigenvalue weighted by Gasteiger charge is 2.14. The van der Waals surface area contributed by atoms with Crippen LogP contribution in [0.2, 0.25) is 0 Å². The molecule has 0 heterocycles. The molecule has 0 aliphatic carbocycles. The summed E-state index contributed by atoms with van der Waals surface area (Å²) in [5, 5.41) is 0. The molecule has 0 N–H and O–H groups in total. The highest BCUT2D eigenvalue weighted by atomic mass is 35.5. The molecule has 0 aliphatic rings. The lowest BCUT2D eigenvalue weighted by atomic mass is 10.3. The summed E-state index contributed by atoms with van der Waals surface area (Å²) < 4.78 is 10.8. The van der Waals surface area contributed by atoms with Crippen LogP contribution >= 0.6 is 11.6 Å². The molecule has 0 saturated carbocycles. The first-order chi connectivity index (χ1) is 6.72. The number of hydrogen-bond donors (Lipinski definition) is 0. The van der Waals surface area contributed by atoms with Gasteiger partial charge in [-0.3, -0.25) is 0 Å². The summed E-state index contributed by atoms with van der Waals surface area (Å²) in [6.07, 6.45) is 4.05. The van der Waals surface area contributed by atoms with Gasteiger partial charge < -0.3 is 9.47 Å². The van der Waals surface area contributed by atoms with Crippen LogP contribution in [0.3, 0.4) is 0 Å². The van der Waals surface area contributed by atoms with Crippen molar-refractivity contribution in [1.29, 1.82) is 0 Å². The Morgan fingerprint density at radius 1 is 1.07 bits per heavy atom. The molecule has 0 bridgehead atoms. The van der Waals surface area contributed by atoms with Crippen LogP contribution in [0.5, 0.6) is 0 Å². The molecule has 0 aromatic rings. The van der Waals surface area contributed by atoms with Crippen LogP contribution in [0, 0.1) is 6.92 Å². The fourth-order valence-corrected chi connectivity index (χ4v) is 1.06. The number of unbranched alkanes of at least 4 members (excludes halogenated alkanes) is 2. The van der Waals surface area contributed by atoms with E-state index in [0.717, 1.165) is 25.7 Å². The molecule has 85 valence electrons. The minimum absolute atomic E-state index is 0.264. The standard InChI is InChI=1S/C11H22ClO2/c1-4-6-8-13-10(3)11(12)14-9-7-5-2/h10-11H,3-9H2,1-2H3. The molecule has 2 unspecified atom stereocenters. The molecular formula is C11H22ClO2. The van der Waals surface area contributed by atoms with E-state index in [0.29, 0.717) is 13.2 Å². The maximum absolute atomic E-state index is 5.94. The van der Waals surface area contributed by atoms with E-state index in [1.807, 2.05) is 0 Å². The highest BCUT2D eigenvalue weighted by Crippen LogP contribution is 2.09. The lowest BCUT2D eigenvalue weighted by Gasteiger charge is -2.18. The van der Waals surface area contributed by atoms with Gasteiger partial charge in [0.2, 0.25) is 0 Å².